The summed E-state index contributed by atoms with van der Waals surface area (Å²) >= 11 is 6.07. The number of fused-ring (bicyclic) bond motifs is 3. The number of ether oxygens (including phenoxy) is 2. The van der Waals surface area contributed by atoms with Gasteiger partial charge in [0.15, 0.2) is 0 Å². The molecule has 4 aromatic rings. The lowest BCUT2D eigenvalue weighted by Gasteiger charge is -2.25. The predicted molar refractivity (Wildman–Crippen MR) is 122 cm³/mol. The molecule has 154 valence electrons. The Labute approximate surface area is 184 Å². The van der Waals surface area contributed by atoms with Crippen molar-refractivity contribution >= 4 is 28.3 Å². The maximum atomic E-state index is 13.0. The van der Waals surface area contributed by atoms with E-state index in [0.717, 1.165) is 22.3 Å². The van der Waals surface area contributed by atoms with Crippen LogP contribution in [-0.4, -0.2) is 6.61 Å². The van der Waals surface area contributed by atoms with E-state index in [1.807, 2.05) is 79.7 Å². The van der Waals surface area contributed by atoms with Gasteiger partial charge in [0.2, 0.25) is 0 Å². The Morgan fingerprint density at radius 2 is 1.71 bits per heavy atom. The highest BCUT2D eigenvalue weighted by atomic mass is 35.5. The molecule has 1 atom stereocenters. The van der Waals surface area contributed by atoms with Crippen LogP contribution in [0.5, 0.6) is 11.5 Å². The molecule has 0 aliphatic carbocycles. The van der Waals surface area contributed by atoms with E-state index in [-0.39, 0.29) is 5.92 Å². The summed E-state index contributed by atoms with van der Waals surface area (Å²) in [5, 5.41) is 1.40. The zero-order chi connectivity index (χ0) is 21.4. The van der Waals surface area contributed by atoms with Crippen LogP contribution in [0.1, 0.15) is 29.5 Å². The van der Waals surface area contributed by atoms with Gasteiger partial charge in [-0.25, -0.2) is 4.79 Å². The fourth-order valence-electron chi connectivity index (χ4n) is 3.86. The van der Waals surface area contributed by atoms with E-state index in [0.29, 0.717) is 34.3 Å². The normalized spacial score (nSPS) is 15.2. The Hall–Kier alpha value is -3.50. The highest BCUT2D eigenvalue weighted by Gasteiger charge is 2.30. The second kappa shape index (κ2) is 7.97. The molecule has 1 aliphatic rings. The van der Waals surface area contributed by atoms with Gasteiger partial charge < -0.3 is 13.9 Å². The van der Waals surface area contributed by atoms with E-state index >= 15 is 0 Å². The smallest absolute Gasteiger partial charge is 0.344 e. The SMILES string of the molecule is CCOc1ccc(C2C=C(c3ccc(Cl)cc3)Oc3c2c(=O)oc2ccccc32)cc1. The predicted octanol–water partition coefficient (Wildman–Crippen LogP) is 6.41. The Balaban J connectivity index is 1.71. The Morgan fingerprint density at radius 3 is 2.45 bits per heavy atom. The molecule has 4 nitrogen and oxygen atoms in total. The lowest BCUT2D eigenvalue weighted by Crippen LogP contribution is -2.19. The van der Waals surface area contributed by atoms with Gasteiger partial charge >= 0.3 is 5.63 Å². The molecule has 5 rings (SSSR count). The van der Waals surface area contributed by atoms with E-state index in [9.17, 15) is 4.79 Å². The van der Waals surface area contributed by atoms with Crippen molar-refractivity contribution in [3.8, 4) is 11.5 Å². The Kier molecular flexibility index (Phi) is 5.00. The van der Waals surface area contributed by atoms with Crippen LogP contribution >= 0.6 is 11.6 Å². The van der Waals surface area contributed by atoms with Crippen molar-refractivity contribution in [3.63, 3.8) is 0 Å². The molecule has 0 N–H and O–H groups in total. The first kappa shape index (κ1) is 19.5. The third-order valence-corrected chi connectivity index (χ3v) is 5.57. The summed E-state index contributed by atoms with van der Waals surface area (Å²) in [4.78, 5) is 13.0. The molecule has 3 aromatic carbocycles. The number of benzene rings is 3. The first-order valence-electron chi connectivity index (χ1n) is 10.1. The number of hydrogen-bond acceptors (Lipinski definition) is 4. The van der Waals surface area contributed by atoms with Crippen LogP contribution in [0.15, 0.2) is 88.1 Å². The second-order valence-corrected chi connectivity index (χ2v) is 7.68. The summed E-state index contributed by atoms with van der Waals surface area (Å²) in [6.07, 6.45) is 1.95. The third kappa shape index (κ3) is 3.60. The van der Waals surface area contributed by atoms with Crippen molar-refractivity contribution in [2.45, 2.75) is 12.8 Å². The van der Waals surface area contributed by atoms with E-state index in [1.54, 1.807) is 6.07 Å². The molecule has 0 fully saturated rings. The Bertz CT molecular complexity index is 1330. The van der Waals surface area contributed by atoms with Crippen LogP contribution in [0.25, 0.3) is 16.7 Å². The largest absolute Gasteiger partial charge is 0.494 e. The maximum Gasteiger partial charge on any atom is 0.344 e. The number of para-hydroxylation sites is 1. The van der Waals surface area contributed by atoms with Crippen LogP contribution in [-0.2, 0) is 0 Å². The number of allylic oxidation sites excluding steroid dienone is 1. The molecule has 0 saturated carbocycles. The van der Waals surface area contributed by atoms with Crippen molar-refractivity contribution in [1.29, 1.82) is 0 Å². The van der Waals surface area contributed by atoms with Gasteiger partial charge in [0.1, 0.15) is 22.8 Å². The van der Waals surface area contributed by atoms with Gasteiger partial charge in [-0.2, -0.15) is 0 Å². The minimum atomic E-state index is -0.404. The topological polar surface area (TPSA) is 48.7 Å². The van der Waals surface area contributed by atoms with Gasteiger partial charge in [-0.15, -0.1) is 0 Å². The minimum Gasteiger partial charge on any atom is -0.494 e. The van der Waals surface area contributed by atoms with Crippen LogP contribution in [0, 0.1) is 0 Å². The first-order chi connectivity index (χ1) is 15.1. The van der Waals surface area contributed by atoms with Gasteiger partial charge in [0.05, 0.1) is 17.6 Å². The van der Waals surface area contributed by atoms with Crippen molar-refractivity contribution in [2.24, 2.45) is 0 Å². The van der Waals surface area contributed by atoms with E-state index in [4.69, 9.17) is 25.5 Å². The summed E-state index contributed by atoms with van der Waals surface area (Å²) in [6, 6.07) is 22.6. The average Bonchev–Trinajstić information content (AvgIpc) is 2.80. The van der Waals surface area contributed by atoms with Crippen LogP contribution in [0.3, 0.4) is 0 Å². The molecule has 0 spiro atoms. The summed E-state index contributed by atoms with van der Waals surface area (Å²) in [5.41, 5.74) is 2.40. The van der Waals surface area contributed by atoms with Gasteiger partial charge in [-0.3, -0.25) is 0 Å². The molecule has 5 heteroatoms. The highest BCUT2D eigenvalue weighted by molar-refractivity contribution is 6.30. The first-order valence-corrected chi connectivity index (χ1v) is 10.5. The van der Waals surface area contributed by atoms with Gasteiger partial charge in [-0.05, 0) is 67.1 Å². The molecule has 0 saturated heterocycles. The fourth-order valence-corrected chi connectivity index (χ4v) is 3.99. The molecule has 0 amide bonds. The quantitative estimate of drug-likeness (QED) is 0.351. The zero-order valence-corrected chi connectivity index (χ0v) is 17.6. The van der Waals surface area contributed by atoms with Crippen molar-refractivity contribution < 1.29 is 13.9 Å². The minimum absolute atomic E-state index is 0.328. The van der Waals surface area contributed by atoms with Crippen molar-refractivity contribution in [3.05, 3.63) is 111 Å². The third-order valence-electron chi connectivity index (χ3n) is 5.32. The van der Waals surface area contributed by atoms with Gasteiger partial charge in [-0.1, -0.05) is 35.9 Å². The molecule has 31 heavy (non-hydrogen) atoms. The lowest BCUT2D eigenvalue weighted by atomic mass is 9.88. The monoisotopic (exact) mass is 430 g/mol. The highest BCUT2D eigenvalue weighted by Crippen LogP contribution is 2.43. The van der Waals surface area contributed by atoms with Crippen molar-refractivity contribution in [2.75, 3.05) is 6.61 Å². The molecule has 1 aromatic heterocycles. The summed E-state index contributed by atoms with van der Waals surface area (Å²) in [7, 11) is 0. The molecule has 0 bridgehead atoms. The van der Waals surface area contributed by atoms with E-state index in [2.05, 4.69) is 0 Å². The summed E-state index contributed by atoms with van der Waals surface area (Å²) < 4.78 is 17.5. The number of hydrogen-bond donors (Lipinski definition) is 0. The van der Waals surface area contributed by atoms with E-state index in [1.165, 1.54) is 0 Å². The average molecular weight is 431 g/mol. The van der Waals surface area contributed by atoms with Crippen molar-refractivity contribution in [1.82, 2.24) is 0 Å². The van der Waals surface area contributed by atoms with Crippen LogP contribution in [0.2, 0.25) is 5.02 Å². The second-order valence-electron chi connectivity index (χ2n) is 7.25. The molecular weight excluding hydrogens is 412 g/mol. The molecule has 1 unspecified atom stereocenters. The molecule has 0 radical (unpaired) electrons. The molecule has 2 heterocycles. The molecular formula is C26H19ClO4. The summed E-state index contributed by atoms with van der Waals surface area (Å²) in [5.74, 6) is 1.65. The van der Waals surface area contributed by atoms with Gasteiger partial charge in [0, 0.05) is 16.5 Å². The molecule has 1 aliphatic heterocycles. The number of halogens is 1. The summed E-state index contributed by atoms with van der Waals surface area (Å²) in [6.45, 7) is 2.54. The van der Waals surface area contributed by atoms with Crippen LogP contribution < -0.4 is 15.1 Å². The van der Waals surface area contributed by atoms with Gasteiger partial charge in [0.25, 0.3) is 0 Å². The standard InChI is InChI=1S/C26H19ClO4/c1-2-29-19-13-9-16(10-14-19)21-15-23(17-7-11-18(27)12-8-17)30-25-20-5-3-4-6-22(20)31-26(28)24(21)25/h3-15,21H,2H2,1H3. The maximum absolute atomic E-state index is 13.0. The van der Waals surface area contributed by atoms with Crippen LogP contribution in [0.4, 0.5) is 0 Å². The zero-order valence-electron chi connectivity index (χ0n) is 16.8. The Morgan fingerprint density at radius 1 is 0.968 bits per heavy atom. The lowest BCUT2D eigenvalue weighted by molar-refractivity contribution is 0.340. The number of rotatable bonds is 4. The fraction of sp³-hybridized carbons (Fsp3) is 0.115. The van der Waals surface area contributed by atoms with E-state index < -0.39 is 5.63 Å².